The average Bonchev–Trinajstić information content (AvgIpc) is 2.72. The van der Waals surface area contributed by atoms with Gasteiger partial charge in [-0.05, 0) is 0 Å². The second kappa shape index (κ2) is 7.22. The van der Waals surface area contributed by atoms with Crippen LogP contribution in [0.3, 0.4) is 0 Å². The molecule has 0 aliphatic rings. The molecule has 3 N–H and O–H groups in total. The van der Waals surface area contributed by atoms with Gasteiger partial charge in [0.1, 0.15) is 12.9 Å². The molecule has 0 fully saturated rings. The van der Waals surface area contributed by atoms with Crippen molar-refractivity contribution in [3.8, 4) is 0 Å². The van der Waals surface area contributed by atoms with Crippen molar-refractivity contribution in [2.24, 2.45) is 0 Å². The zero-order chi connectivity index (χ0) is 13.4. The molecule has 9 heteroatoms. The van der Waals surface area contributed by atoms with Gasteiger partial charge in [0, 0.05) is 13.7 Å². The van der Waals surface area contributed by atoms with E-state index in [0.717, 1.165) is 0 Å². The highest BCUT2D eigenvalue weighted by molar-refractivity contribution is 5.80. The van der Waals surface area contributed by atoms with Gasteiger partial charge in [-0.3, -0.25) is 9.59 Å². The van der Waals surface area contributed by atoms with E-state index in [2.05, 4.69) is 15.4 Å². The molecule has 1 aromatic rings. The molecule has 0 bridgehead atoms. The number of carbonyl (C=O) groups is 2. The van der Waals surface area contributed by atoms with Crippen molar-refractivity contribution in [2.45, 2.75) is 6.54 Å². The molecule has 1 rings (SSSR count). The lowest BCUT2D eigenvalue weighted by Crippen LogP contribution is -2.31. The molecule has 18 heavy (non-hydrogen) atoms. The highest BCUT2D eigenvalue weighted by atomic mass is 16.5. The van der Waals surface area contributed by atoms with Crippen LogP contribution in [0.5, 0.6) is 0 Å². The third-order valence-corrected chi connectivity index (χ3v) is 1.84. The summed E-state index contributed by atoms with van der Waals surface area (Å²) < 4.78 is 10.7. The maximum atomic E-state index is 11.3. The average molecular weight is 257 g/mol. The van der Waals surface area contributed by atoms with E-state index in [1.54, 1.807) is 0 Å². The normalized spacial score (nSPS) is 10.1. The number of amides is 1. The Labute approximate surface area is 103 Å². The first-order chi connectivity index (χ1) is 8.61. The highest BCUT2D eigenvalue weighted by Gasteiger charge is 2.08. The van der Waals surface area contributed by atoms with Gasteiger partial charge in [-0.15, -0.1) is 5.10 Å². The Morgan fingerprint density at radius 1 is 1.56 bits per heavy atom. The molecule has 0 radical (unpaired) electrons. The fraction of sp³-hybridized carbons (Fsp3) is 0.556. The number of anilines is 1. The summed E-state index contributed by atoms with van der Waals surface area (Å²) in [4.78, 5) is 26.1. The summed E-state index contributed by atoms with van der Waals surface area (Å²) in [5, 5.41) is 6.21. The molecular formula is C9H15N5O4. The van der Waals surface area contributed by atoms with Gasteiger partial charge in [0.25, 0.3) is 5.91 Å². The molecule has 100 valence electrons. The summed E-state index contributed by atoms with van der Waals surface area (Å²) >= 11 is 0. The number of methoxy groups -OCH3 is 1. The van der Waals surface area contributed by atoms with Crippen LogP contribution in [0.2, 0.25) is 0 Å². The summed E-state index contributed by atoms with van der Waals surface area (Å²) in [6.07, 6.45) is 1.30. The Balaban J connectivity index is 2.18. The number of hydrogen-bond acceptors (Lipinski definition) is 7. The van der Waals surface area contributed by atoms with Crippen LogP contribution in [0.15, 0.2) is 6.33 Å². The first-order valence-corrected chi connectivity index (χ1v) is 5.18. The van der Waals surface area contributed by atoms with Crippen molar-refractivity contribution in [3.63, 3.8) is 0 Å². The van der Waals surface area contributed by atoms with E-state index in [1.165, 1.54) is 18.1 Å². The molecule has 1 amide bonds. The first-order valence-electron chi connectivity index (χ1n) is 5.18. The van der Waals surface area contributed by atoms with Crippen LogP contribution in [0.4, 0.5) is 5.95 Å². The van der Waals surface area contributed by atoms with E-state index in [1.807, 2.05) is 0 Å². The Hall–Kier alpha value is -2.16. The first kappa shape index (κ1) is 13.9. The summed E-state index contributed by atoms with van der Waals surface area (Å²) in [7, 11) is 1.52. The predicted octanol–water partition coefficient (Wildman–Crippen LogP) is -1.83. The van der Waals surface area contributed by atoms with Gasteiger partial charge in [-0.2, -0.15) is 0 Å². The van der Waals surface area contributed by atoms with Gasteiger partial charge < -0.3 is 20.5 Å². The zero-order valence-electron chi connectivity index (χ0n) is 9.96. The van der Waals surface area contributed by atoms with Crippen LogP contribution in [-0.4, -0.2) is 53.5 Å². The van der Waals surface area contributed by atoms with E-state index >= 15 is 0 Å². The Morgan fingerprint density at radius 2 is 2.33 bits per heavy atom. The summed E-state index contributed by atoms with van der Waals surface area (Å²) in [5.41, 5.74) is 5.27. The Bertz CT molecular complexity index is 405. The smallest absolute Gasteiger partial charge is 0.328 e. The second-order valence-electron chi connectivity index (χ2n) is 3.30. The second-order valence-corrected chi connectivity index (χ2v) is 3.30. The van der Waals surface area contributed by atoms with Crippen molar-refractivity contribution < 1.29 is 19.1 Å². The standard InChI is InChI=1S/C9H15N5O4/c1-17-3-2-11-7(15)5-18-8(16)4-14-6-12-9(10)13-14/h6H,2-5H2,1H3,(H2,10,13)(H,11,15). The lowest BCUT2D eigenvalue weighted by molar-refractivity contribution is -0.149. The van der Waals surface area contributed by atoms with Crippen LogP contribution in [0, 0.1) is 0 Å². The minimum absolute atomic E-state index is 0.0695. The van der Waals surface area contributed by atoms with Crippen LogP contribution < -0.4 is 11.1 Å². The maximum Gasteiger partial charge on any atom is 0.328 e. The molecule has 0 unspecified atom stereocenters. The van der Waals surface area contributed by atoms with E-state index in [9.17, 15) is 9.59 Å². The van der Waals surface area contributed by atoms with Crippen molar-refractivity contribution in [1.82, 2.24) is 20.1 Å². The molecule has 0 aliphatic carbocycles. The van der Waals surface area contributed by atoms with Gasteiger partial charge in [0.2, 0.25) is 5.95 Å². The van der Waals surface area contributed by atoms with Crippen molar-refractivity contribution >= 4 is 17.8 Å². The van der Waals surface area contributed by atoms with Gasteiger partial charge >= 0.3 is 5.97 Å². The zero-order valence-corrected chi connectivity index (χ0v) is 9.96. The monoisotopic (exact) mass is 257 g/mol. The Kier molecular flexibility index (Phi) is 5.58. The third-order valence-electron chi connectivity index (χ3n) is 1.84. The quantitative estimate of drug-likeness (QED) is 0.435. The number of nitrogens with two attached hydrogens (primary N) is 1. The fourth-order valence-corrected chi connectivity index (χ4v) is 1.05. The number of nitrogens with zero attached hydrogens (tertiary/aromatic N) is 3. The Morgan fingerprint density at radius 3 is 2.94 bits per heavy atom. The molecule has 9 nitrogen and oxygen atoms in total. The molecule has 0 aliphatic heterocycles. The van der Waals surface area contributed by atoms with E-state index in [4.69, 9.17) is 15.2 Å². The van der Waals surface area contributed by atoms with Gasteiger partial charge in [0.05, 0.1) is 6.61 Å². The van der Waals surface area contributed by atoms with Gasteiger partial charge in [0.15, 0.2) is 6.61 Å². The predicted molar refractivity (Wildman–Crippen MR) is 60.3 cm³/mol. The topological polar surface area (TPSA) is 121 Å². The van der Waals surface area contributed by atoms with Gasteiger partial charge in [-0.25, -0.2) is 9.67 Å². The summed E-state index contributed by atoms with van der Waals surface area (Å²) in [5.74, 6) is -0.916. The largest absolute Gasteiger partial charge is 0.454 e. The summed E-state index contributed by atoms with van der Waals surface area (Å²) in [6, 6.07) is 0. The van der Waals surface area contributed by atoms with E-state index < -0.39 is 11.9 Å². The van der Waals surface area contributed by atoms with Crippen LogP contribution in [0.1, 0.15) is 0 Å². The number of ether oxygens (including phenoxy) is 2. The minimum atomic E-state index is -0.596. The molecule has 0 saturated carbocycles. The molecule has 0 saturated heterocycles. The van der Waals surface area contributed by atoms with Crippen molar-refractivity contribution in [2.75, 3.05) is 32.6 Å². The summed E-state index contributed by atoms with van der Waals surface area (Å²) in [6.45, 7) is 0.284. The number of hydrogen-bond donors (Lipinski definition) is 2. The van der Waals surface area contributed by atoms with Crippen LogP contribution in [0.25, 0.3) is 0 Å². The third kappa shape index (κ3) is 5.25. The van der Waals surface area contributed by atoms with Crippen molar-refractivity contribution in [3.05, 3.63) is 6.33 Å². The number of nitrogens with one attached hydrogen (secondary N) is 1. The molecule has 0 spiro atoms. The minimum Gasteiger partial charge on any atom is -0.454 e. The SMILES string of the molecule is COCCNC(=O)COC(=O)Cn1cnc(N)n1. The van der Waals surface area contributed by atoms with E-state index in [0.29, 0.717) is 13.2 Å². The highest BCUT2D eigenvalue weighted by Crippen LogP contribution is 1.91. The fourth-order valence-electron chi connectivity index (χ4n) is 1.05. The molecule has 1 aromatic heterocycles. The number of nitrogen functional groups attached to an aromatic ring is 1. The molecule has 1 heterocycles. The maximum absolute atomic E-state index is 11.3. The van der Waals surface area contributed by atoms with Gasteiger partial charge in [-0.1, -0.05) is 0 Å². The number of aromatic nitrogens is 3. The van der Waals surface area contributed by atoms with Crippen LogP contribution >= 0.6 is 0 Å². The number of rotatable bonds is 7. The lowest BCUT2D eigenvalue weighted by atomic mass is 10.5. The number of carbonyl (C=O) groups excluding carboxylic acids is 2. The molecular weight excluding hydrogens is 242 g/mol. The molecule has 0 aromatic carbocycles. The lowest BCUT2D eigenvalue weighted by Gasteiger charge is -2.05. The number of esters is 1. The van der Waals surface area contributed by atoms with Crippen LogP contribution in [-0.2, 0) is 25.6 Å². The van der Waals surface area contributed by atoms with E-state index in [-0.39, 0.29) is 19.1 Å². The van der Waals surface area contributed by atoms with Crippen molar-refractivity contribution in [1.29, 1.82) is 0 Å². The molecule has 0 atom stereocenters.